The van der Waals surface area contributed by atoms with Gasteiger partial charge >= 0.3 is 5.69 Å². The van der Waals surface area contributed by atoms with Crippen molar-refractivity contribution in [3.63, 3.8) is 0 Å². The van der Waals surface area contributed by atoms with Crippen LogP contribution in [0, 0.1) is 24.0 Å². The monoisotopic (exact) mass is 268 g/mol. The molecule has 1 N–H and O–H groups in total. The van der Waals surface area contributed by atoms with E-state index in [-0.39, 0.29) is 5.69 Å². The molecule has 0 amide bonds. The van der Waals surface area contributed by atoms with Crippen molar-refractivity contribution in [2.24, 2.45) is 0 Å². The molecule has 2 heterocycles. The maximum atomic E-state index is 10.9. The van der Waals surface area contributed by atoms with Gasteiger partial charge in [-0.1, -0.05) is 11.3 Å². The Morgan fingerprint density at radius 3 is 2.67 bits per heavy atom. The highest BCUT2D eigenvalue weighted by molar-refractivity contribution is 7.15. The van der Waals surface area contributed by atoms with Crippen LogP contribution in [0.4, 0.5) is 10.8 Å². The van der Waals surface area contributed by atoms with Gasteiger partial charge in [-0.2, -0.15) is 5.10 Å². The Hall–Kier alpha value is -2.03. The van der Waals surface area contributed by atoms with Gasteiger partial charge in [-0.05, 0) is 13.8 Å². The van der Waals surface area contributed by atoms with Gasteiger partial charge in [0, 0.05) is 7.05 Å². The Morgan fingerprint density at radius 2 is 2.17 bits per heavy atom. The van der Waals surface area contributed by atoms with E-state index >= 15 is 0 Å². The highest BCUT2D eigenvalue weighted by Crippen LogP contribution is 2.23. The first-order valence-corrected chi connectivity index (χ1v) is 6.03. The molecule has 0 bridgehead atoms. The molecule has 0 aliphatic heterocycles. The summed E-state index contributed by atoms with van der Waals surface area (Å²) in [6.45, 7) is 3.69. The lowest BCUT2D eigenvalue weighted by molar-refractivity contribution is -0.386. The Balaban J connectivity index is 2.29. The van der Waals surface area contributed by atoms with E-state index in [0.717, 1.165) is 5.01 Å². The van der Waals surface area contributed by atoms with Crippen LogP contribution in [0.25, 0.3) is 0 Å². The number of aromatic nitrogens is 4. The molecule has 0 saturated carbocycles. The number of hydrogen-bond acceptors (Lipinski definition) is 7. The van der Waals surface area contributed by atoms with Crippen molar-refractivity contribution in [1.29, 1.82) is 0 Å². The molecule has 2 rings (SSSR count). The van der Waals surface area contributed by atoms with Gasteiger partial charge in [0.05, 0.1) is 11.5 Å². The minimum atomic E-state index is -0.409. The van der Waals surface area contributed by atoms with Crippen LogP contribution in [0.15, 0.2) is 0 Å². The summed E-state index contributed by atoms with van der Waals surface area (Å²) in [4.78, 5) is 10.5. The second kappa shape index (κ2) is 4.69. The van der Waals surface area contributed by atoms with Crippen LogP contribution in [-0.4, -0.2) is 31.9 Å². The standard InChI is InChI=1S/C9H12N6O2S/c1-5-8(15(16)17)6(2)14(13-5)4-7-11-12-9(10-3)18-7/h4H2,1-3H3,(H,10,12). The van der Waals surface area contributed by atoms with Gasteiger partial charge in [0.15, 0.2) is 0 Å². The van der Waals surface area contributed by atoms with Crippen LogP contribution in [0.5, 0.6) is 0 Å². The molecular weight excluding hydrogens is 256 g/mol. The van der Waals surface area contributed by atoms with E-state index < -0.39 is 4.92 Å². The van der Waals surface area contributed by atoms with E-state index in [9.17, 15) is 10.1 Å². The molecular formula is C9H12N6O2S. The van der Waals surface area contributed by atoms with Gasteiger partial charge in [-0.3, -0.25) is 14.8 Å². The van der Waals surface area contributed by atoms with Gasteiger partial charge < -0.3 is 5.32 Å². The predicted octanol–water partition coefficient (Wildman–Crippen LogP) is 1.35. The molecule has 0 aromatic carbocycles. The first-order valence-electron chi connectivity index (χ1n) is 5.21. The number of rotatable bonds is 4. The molecule has 18 heavy (non-hydrogen) atoms. The van der Waals surface area contributed by atoms with Gasteiger partial charge in [0.25, 0.3) is 0 Å². The molecule has 0 radical (unpaired) electrons. The van der Waals surface area contributed by atoms with Crippen LogP contribution < -0.4 is 5.32 Å². The third-order valence-electron chi connectivity index (χ3n) is 2.49. The number of nitrogens with one attached hydrogen (secondary N) is 1. The number of hydrogen-bond donors (Lipinski definition) is 1. The molecule has 9 heteroatoms. The SMILES string of the molecule is CNc1nnc(Cn2nc(C)c([N+](=O)[O-])c2C)s1. The zero-order valence-electron chi connectivity index (χ0n) is 10.2. The van der Waals surface area contributed by atoms with Gasteiger partial charge in [-0.25, -0.2) is 0 Å². The highest BCUT2D eigenvalue weighted by Gasteiger charge is 2.22. The third kappa shape index (κ3) is 2.16. The van der Waals surface area contributed by atoms with Gasteiger partial charge in [0.2, 0.25) is 5.13 Å². The smallest absolute Gasteiger partial charge is 0.312 e. The largest absolute Gasteiger partial charge is 0.363 e. The number of nitrogens with zero attached hydrogens (tertiary/aromatic N) is 5. The third-order valence-corrected chi connectivity index (χ3v) is 3.42. The summed E-state index contributed by atoms with van der Waals surface area (Å²) in [7, 11) is 1.76. The van der Waals surface area contributed by atoms with E-state index in [2.05, 4.69) is 20.6 Å². The molecule has 0 saturated heterocycles. The fourth-order valence-corrected chi connectivity index (χ4v) is 2.33. The summed E-state index contributed by atoms with van der Waals surface area (Å²) in [5.41, 5.74) is 1.00. The molecule has 0 atom stereocenters. The number of anilines is 1. The molecule has 0 aliphatic carbocycles. The topological polar surface area (TPSA) is 98.8 Å². The Morgan fingerprint density at radius 1 is 1.44 bits per heavy atom. The van der Waals surface area contributed by atoms with Crippen molar-refractivity contribution < 1.29 is 4.92 Å². The lowest BCUT2D eigenvalue weighted by Gasteiger charge is -1.98. The van der Waals surface area contributed by atoms with E-state index in [0.29, 0.717) is 23.1 Å². The van der Waals surface area contributed by atoms with Crippen molar-refractivity contribution in [2.45, 2.75) is 20.4 Å². The predicted molar refractivity (Wildman–Crippen MR) is 66.9 cm³/mol. The minimum Gasteiger partial charge on any atom is -0.363 e. The molecule has 0 spiro atoms. The average molecular weight is 268 g/mol. The van der Waals surface area contributed by atoms with Crippen molar-refractivity contribution in [2.75, 3.05) is 12.4 Å². The summed E-state index contributed by atoms with van der Waals surface area (Å²) >= 11 is 1.40. The second-order valence-corrected chi connectivity index (χ2v) is 4.75. The number of aryl methyl sites for hydroxylation is 1. The maximum Gasteiger partial charge on any atom is 0.312 e. The zero-order valence-corrected chi connectivity index (χ0v) is 11.0. The summed E-state index contributed by atoms with van der Waals surface area (Å²) in [5, 5.41) is 27.3. The van der Waals surface area contributed by atoms with Crippen LogP contribution in [-0.2, 0) is 6.54 Å². The number of nitro groups is 1. The van der Waals surface area contributed by atoms with E-state index in [4.69, 9.17) is 0 Å². The Kier molecular flexibility index (Phi) is 3.24. The van der Waals surface area contributed by atoms with Crippen LogP contribution in [0.2, 0.25) is 0 Å². The van der Waals surface area contributed by atoms with Gasteiger partial charge in [-0.15, -0.1) is 10.2 Å². The van der Waals surface area contributed by atoms with Crippen LogP contribution in [0.3, 0.4) is 0 Å². The Labute approximate surface area is 107 Å². The van der Waals surface area contributed by atoms with E-state index in [1.165, 1.54) is 11.3 Å². The lowest BCUT2D eigenvalue weighted by Crippen LogP contribution is -2.04. The second-order valence-electron chi connectivity index (χ2n) is 3.69. The summed E-state index contributed by atoms with van der Waals surface area (Å²) in [5.74, 6) is 0. The quantitative estimate of drug-likeness (QED) is 0.663. The molecule has 0 fully saturated rings. The lowest BCUT2D eigenvalue weighted by atomic mass is 10.3. The van der Waals surface area contributed by atoms with Crippen molar-refractivity contribution in [3.8, 4) is 0 Å². The van der Waals surface area contributed by atoms with Crippen molar-refractivity contribution in [3.05, 3.63) is 26.5 Å². The maximum absolute atomic E-state index is 10.9. The zero-order chi connectivity index (χ0) is 13.3. The first kappa shape index (κ1) is 12.4. The van der Waals surface area contributed by atoms with Crippen molar-refractivity contribution >= 4 is 22.2 Å². The van der Waals surface area contributed by atoms with Gasteiger partial charge in [0.1, 0.15) is 16.4 Å². The van der Waals surface area contributed by atoms with Crippen LogP contribution >= 0.6 is 11.3 Å². The highest BCUT2D eigenvalue weighted by atomic mass is 32.1. The fourth-order valence-electron chi connectivity index (χ4n) is 1.65. The van der Waals surface area contributed by atoms with Crippen LogP contribution in [0.1, 0.15) is 16.4 Å². The normalized spacial score (nSPS) is 10.6. The molecule has 8 nitrogen and oxygen atoms in total. The average Bonchev–Trinajstić information content (AvgIpc) is 2.85. The fraction of sp³-hybridized carbons (Fsp3) is 0.444. The molecule has 0 aliphatic rings. The van der Waals surface area contributed by atoms with E-state index in [1.807, 2.05) is 0 Å². The summed E-state index contributed by atoms with van der Waals surface area (Å²) < 4.78 is 1.58. The van der Waals surface area contributed by atoms with Crippen molar-refractivity contribution in [1.82, 2.24) is 20.0 Å². The summed E-state index contributed by atoms with van der Waals surface area (Å²) in [6, 6.07) is 0. The first-order chi connectivity index (χ1) is 8.52. The molecule has 0 unspecified atom stereocenters. The van der Waals surface area contributed by atoms with E-state index in [1.54, 1.807) is 25.6 Å². The Bertz CT molecular complexity index is 590. The minimum absolute atomic E-state index is 0.0633. The molecule has 2 aromatic rings. The molecule has 2 aromatic heterocycles. The summed E-state index contributed by atoms with van der Waals surface area (Å²) in [6.07, 6.45) is 0. The molecule has 96 valence electrons.